The van der Waals surface area contributed by atoms with Crippen LogP contribution in [0.3, 0.4) is 0 Å². The maximum absolute atomic E-state index is 9.04. The van der Waals surface area contributed by atoms with Crippen LogP contribution >= 0.6 is 0 Å². The van der Waals surface area contributed by atoms with Gasteiger partial charge in [-0.05, 0) is 43.5 Å². The van der Waals surface area contributed by atoms with Crippen molar-refractivity contribution in [1.82, 2.24) is 0 Å². The molecule has 108 valence electrons. The van der Waals surface area contributed by atoms with Gasteiger partial charge in [-0.3, -0.25) is 0 Å². The molecule has 0 atom stereocenters. The van der Waals surface area contributed by atoms with E-state index in [1.165, 1.54) is 11.3 Å². The molecular formula is C17H19N3O. The molecular weight excluding hydrogens is 262 g/mol. The van der Waals surface area contributed by atoms with Gasteiger partial charge in [-0.25, -0.2) is 0 Å². The predicted octanol–water partition coefficient (Wildman–Crippen LogP) is 3.17. The van der Waals surface area contributed by atoms with E-state index in [-0.39, 0.29) is 5.84 Å². The molecule has 0 unspecified atom stereocenters. The summed E-state index contributed by atoms with van der Waals surface area (Å²) in [5, 5.41) is 12.2. The van der Waals surface area contributed by atoms with Crippen molar-refractivity contribution in [1.29, 1.82) is 0 Å². The van der Waals surface area contributed by atoms with Crippen molar-refractivity contribution >= 4 is 17.2 Å². The van der Waals surface area contributed by atoms with Gasteiger partial charge in [0.2, 0.25) is 0 Å². The molecule has 0 amide bonds. The zero-order valence-electron chi connectivity index (χ0n) is 12.1. The summed E-state index contributed by atoms with van der Waals surface area (Å²) in [6.07, 6.45) is 2.19. The summed E-state index contributed by atoms with van der Waals surface area (Å²) in [6, 6.07) is 14.5. The molecule has 2 aromatic carbocycles. The minimum atomic E-state index is 0.150. The Kier molecular flexibility index (Phi) is 3.52. The topological polar surface area (TPSA) is 61.8 Å². The number of anilines is 2. The quantitative estimate of drug-likeness (QED) is 0.385. The van der Waals surface area contributed by atoms with Crippen LogP contribution in [-0.4, -0.2) is 17.6 Å². The van der Waals surface area contributed by atoms with Crippen LogP contribution in [0.15, 0.2) is 47.6 Å². The van der Waals surface area contributed by atoms with Crippen LogP contribution in [0.4, 0.5) is 11.4 Å². The SMILES string of the molecule is Cc1ccc(N2CCCc3ccccc32)c(/C(N)=N/O)c1. The van der Waals surface area contributed by atoms with Crippen molar-refractivity contribution in [2.45, 2.75) is 19.8 Å². The number of nitrogens with two attached hydrogens (primary N) is 1. The van der Waals surface area contributed by atoms with E-state index in [0.717, 1.165) is 36.2 Å². The number of nitrogens with zero attached hydrogens (tertiary/aromatic N) is 2. The van der Waals surface area contributed by atoms with E-state index in [1.54, 1.807) is 0 Å². The minimum Gasteiger partial charge on any atom is -0.409 e. The summed E-state index contributed by atoms with van der Waals surface area (Å²) in [6.45, 7) is 2.94. The van der Waals surface area contributed by atoms with Crippen LogP contribution in [0.1, 0.15) is 23.1 Å². The van der Waals surface area contributed by atoms with Crippen LogP contribution < -0.4 is 10.6 Å². The fourth-order valence-corrected chi connectivity index (χ4v) is 2.93. The largest absolute Gasteiger partial charge is 0.409 e. The van der Waals surface area contributed by atoms with Crippen LogP contribution in [-0.2, 0) is 6.42 Å². The Bertz CT molecular complexity index is 694. The van der Waals surface area contributed by atoms with Crippen molar-refractivity contribution in [2.24, 2.45) is 10.9 Å². The van der Waals surface area contributed by atoms with Gasteiger partial charge in [0.1, 0.15) is 0 Å². The number of oxime groups is 1. The van der Waals surface area contributed by atoms with E-state index < -0.39 is 0 Å². The fraction of sp³-hybridized carbons (Fsp3) is 0.235. The van der Waals surface area contributed by atoms with Crippen LogP contribution in [0.5, 0.6) is 0 Å². The predicted molar refractivity (Wildman–Crippen MR) is 85.5 cm³/mol. The Hall–Kier alpha value is -2.49. The van der Waals surface area contributed by atoms with Crippen molar-refractivity contribution in [3.63, 3.8) is 0 Å². The van der Waals surface area contributed by atoms with Gasteiger partial charge in [0.05, 0.1) is 5.69 Å². The highest BCUT2D eigenvalue weighted by molar-refractivity contribution is 6.03. The average molecular weight is 281 g/mol. The summed E-state index contributed by atoms with van der Waals surface area (Å²) in [7, 11) is 0. The van der Waals surface area contributed by atoms with Gasteiger partial charge in [-0.1, -0.05) is 35.0 Å². The number of rotatable bonds is 2. The summed E-state index contributed by atoms with van der Waals surface area (Å²) < 4.78 is 0. The molecule has 0 aliphatic carbocycles. The van der Waals surface area contributed by atoms with Gasteiger partial charge in [-0.2, -0.15) is 0 Å². The maximum atomic E-state index is 9.04. The zero-order valence-corrected chi connectivity index (χ0v) is 12.1. The average Bonchev–Trinajstić information content (AvgIpc) is 2.53. The summed E-state index contributed by atoms with van der Waals surface area (Å²) >= 11 is 0. The smallest absolute Gasteiger partial charge is 0.172 e. The molecule has 0 spiro atoms. The lowest BCUT2D eigenvalue weighted by molar-refractivity contribution is 0.318. The normalized spacial score (nSPS) is 14.9. The first-order valence-electron chi connectivity index (χ1n) is 7.14. The summed E-state index contributed by atoms with van der Waals surface area (Å²) in [4.78, 5) is 2.26. The third-order valence-corrected chi connectivity index (χ3v) is 3.94. The molecule has 0 aromatic heterocycles. The van der Waals surface area contributed by atoms with E-state index in [1.807, 2.05) is 19.1 Å². The van der Waals surface area contributed by atoms with Gasteiger partial charge >= 0.3 is 0 Å². The highest BCUT2D eigenvalue weighted by atomic mass is 16.4. The lowest BCUT2D eigenvalue weighted by atomic mass is 9.99. The van der Waals surface area contributed by atoms with Crippen molar-refractivity contribution in [2.75, 3.05) is 11.4 Å². The van der Waals surface area contributed by atoms with Gasteiger partial charge in [0, 0.05) is 17.8 Å². The van der Waals surface area contributed by atoms with Crippen molar-refractivity contribution in [3.8, 4) is 0 Å². The van der Waals surface area contributed by atoms with Crippen LogP contribution in [0.25, 0.3) is 0 Å². The summed E-state index contributed by atoms with van der Waals surface area (Å²) in [5.41, 5.74) is 11.3. The first kappa shape index (κ1) is 13.5. The molecule has 1 aliphatic heterocycles. The van der Waals surface area contributed by atoms with Gasteiger partial charge in [0.25, 0.3) is 0 Å². The number of hydrogen-bond donors (Lipinski definition) is 2. The molecule has 4 heteroatoms. The van der Waals surface area contributed by atoms with Gasteiger partial charge in [-0.15, -0.1) is 0 Å². The molecule has 1 aliphatic rings. The van der Waals surface area contributed by atoms with Gasteiger partial charge < -0.3 is 15.8 Å². The Morgan fingerprint density at radius 2 is 2.00 bits per heavy atom. The highest BCUT2D eigenvalue weighted by Gasteiger charge is 2.21. The molecule has 1 heterocycles. The second-order valence-electron chi connectivity index (χ2n) is 5.39. The first-order valence-corrected chi connectivity index (χ1v) is 7.14. The lowest BCUT2D eigenvalue weighted by Gasteiger charge is -2.32. The minimum absolute atomic E-state index is 0.150. The molecule has 4 nitrogen and oxygen atoms in total. The second-order valence-corrected chi connectivity index (χ2v) is 5.39. The Morgan fingerprint density at radius 3 is 2.81 bits per heavy atom. The number of fused-ring (bicyclic) bond motifs is 1. The number of hydrogen-bond acceptors (Lipinski definition) is 3. The van der Waals surface area contributed by atoms with E-state index in [4.69, 9.17) is 10.9 Å². The number of amidine groups is 1. The van der Waals surface area contributed by atoms with E-state index in [2.05, 4.69) is 40.4 Å². The highest BCUT2D eigenvalue weighted by Crippen LogP contribution is 2.35. The van der Waals surface area contributed by atoms with Crippen molar-refractivity contribution < 1.29 is 5.21 Å². The Morgan fingerprint density at radius 1 is 1.19 bits per heavy atom. The van der Waals surface area contributed by atoms with Crippen LogP contribution in [0.2, 0.25) is 0 Å². The standard InChI is InChI=1S/C17H19N3O/c1-12-8-9-16(14(11-12)17(18)19-21)20-10-4-6-13-5-2-3-7-15(13)20/h2-3,5,7-9,11,21H,4,6,10H2,1H3,(H2,18,19). The molecule has 0 radical (unpaired) electrons. The lowest BCUT2D eigenvalue weighted by Crippen LogP contribution is -2.27. The molecule has 0 saturated carbocycles. The molecule has 0 bridgehead atoms. The van der Waals surface area contributed by atoms with Crippen molar-refractivity contribution in [3.05, 3.63) is 59.2 Å². The number of benzene rings is 2. The number of para-hydroxylation sites is 1. The summed E-state index contributed by atoms with van der Waals surface area (Å²) in [5.74, 6) is 0.150. The van der Waals surface area contributed by atoms with Crippen LogP contribution in [0, 0.1) is 6.92 Å². The molecule has 3 rings (SSSR count). The third-order valence-electron chi connectivity index (χ3n) is 3.94. The van der Waals surface area contributed by atoms with E-state index >= 15 is 0 Å². The first-order chi connectivity index (χ1) is 10.2. The second kappa shape index (κ2) is 5.48. The molecule has 0 fully saturated rings. The maximum Gasteiger partial charge on any atom is 0.172 e. The molecule has 21 heavy (non-hydrogen) atoms. The Labute approximate surface area is 124 Å². The van der Waals surface area contributed by atoms with E-state index in [0.29, 0.717) is 0 Å². The van der Waals surface area contributed by atoms with E-state index in [9.17, 15) is 0 Å². The fourth-order valence-electron chi connectivity index (χ4n) is 2.93. The molecule has 2 aromatic rings. The zero-order chi connectivity index (χ0) is 14.8. The third kappa shape index (κ3) is 2.44. The Balaban J connectivity index is 2.14. The molecule has 0 saturated heterocycles. The monoisotopic (exact) mass is 281 g/mol. The molecule has 3 N–H and O–H groups in total. The number of aryl methyl sites for hydroxylation is 2. The van der Waals surface area contributed by atoms with Gasteiger partial charge in [0.15, 0.2) is 5.84 Å².